The Labute approximate surface area is 202 Å². The third kappa shape index (κ3) is 5.14. The zero-order valence-electron chi connectivity index (χ0n) is 18.4. The molecule has 0 bridgehead atoms. The first kappa shape index (κ1) is 23.9. The molecule has 0 amide bonds. The number of hydrogen-bond acceptors (Lipinski definition) is 4. The van der Waals surface area contributed by atoms with E-state index >= 15 is 0 Å². The van der Waals surface area contributed by atoms with Gasteiger partial charge in [-0.3, -0.25) is 4.79 Å². The summed E-state index contributed by atoms with van der Waals surface area (Å²) in [4.78, 5) is 16.7. The predicted molar refractivity (Wildman–Crippen MR) is 127 cm³/mol. The molecule has 2 heterocycles. The first-order valence-corrected chi connectivity index (χ1v) is 11.3. The molecule has 0 aliphatic rings. The number of carbonyl (C=O) groups excluding carboxylic acids is 1. The number of benzene rings is 2. The van der Waals surface area contributed by atoms with Crippen molar-refractivity contribution in [3.05, 3.63) is 76.3 Å². The van der Waals surface area contributed by atoms with Crippen LogP contribution in [-0.4, -0.2) is 27.2 Å². The van der Waals surface area contributed by atoms with Gasteiger partial charge in [0.15, 0.2) is 11.4 Å². The van der Waals surface area contributed by atoms with Crippen LogP contribution in [0, 0.1) is 0 Å². The van der Waals surface area contributed by atoms with E-state index in [1.54, 1.807) is 24.3 Å². The molecule has 1 atom stereocenters. The van der Waals surface area contributed by atoms with Crippen molar-refractivity contribution < 1.29 is 22.7 Å². The molecule has 4 aromatic rings. The molecule has 34 heavy (non-hydrogen) atoms. The van der Waals surface area contributed by atoms with Crippen LogP contribution in [0.25, 0.3) is 22.3 Å². The second kappa shape index (κ2) is 9.58. The minimum Gasteiger partial charge on any atom is -0.470 e. The van der Waals surface area contributed by atoms with Crippen molar-refractivity contribution in [2.75, 3.05) is 6.61 Å². The highest BCUT2D eigenvalue weighted by atomic mass is 79.9. The molecule has 0 saturated carbocycles. The van der Waals surface area contributed by atoms with Gasteiger partial charge in [-0.05, 0) is 23.6 Å². The molecule has 0 N–H and O–H groups in total. The van der Waals surface area contributed by atoms with Crippen LogP contribution in [0.5, 0.6) is 5.88 Å². The molecule has 0 aliphatic carbocycles. The number of hydrogen-bond donors (Lipinski definition) is 0. The zero-order chi connectivity index (χ0) is 24.5. The van der Waals surface area contributed by atoms with E-state index in [2.05, 4.69) is 26.0 Å². The Morgan fingerprint density at radius 1 is 1.12 bits per heavy atom. The Morgan fingerprint density at radius 3 is 2.53 bits per heavy atom. The SMILES string of the molecule is C[C@H](CC(=O)COc1cc(C(F)(F)F)c2c(-c3cccc(Br)c3)nn(C)c2n1)c1ccccc1. The van der Waals surface area contributed by atoms with E-state index in [0.717, 1.165) is 11.6 Å². The number of carbonyl (C=O) groups is 1. The van der Waals surface area contributed by atoms with Crippen molar-refractivity contribution in [3.63, 3.8) is 0 Å². The van der Waals surface area contributed by atoms with E-state index in [4.69, 9.17) is 4.74 Å². The van der Waals surface area contributed by atoms with Crippen molar-refractivity contribution in [2.45, 2.75) is 25.4 Å². The highest BCUT2D eigenvalue weighted by Gasteiger charge is 2.36. The van der Waals surface area contributed by atoms with Gasteiger partial charge < -0.3 is 4.74 Å². The smallest absolute Gasteiger partial charge is 0.417 e. The van der Waals surface area contributed by atoms with Crippen LogP contribution in [0.4, 0.5) is 13.2 Å². The lowest BCUT2D eigenvalue weighted by molar-refractivity contribution is -0.136. The van der Waals surface area contributed by atoms with E-state index in [1.165, 1.54) is 11.7 Å². The van der Waals surface area contributed by atoms with Gasteiger partial charge in [-0.25, -0.2) is 4.68 Å². The van der Waals surface area contributed by atoms with Crippen LogP contribution in [0.1, 0.15) is 30.4 Å². The Kier molecular flexibility index (Phi) is 6.74. The number of Topliss-reactive ketones (excluding diaryl/α,β-unsaturated/α-hetero) is 1. The average Bonchev–Trinajstić information content (AvgIpc) is 3.13. The number of halogens is 4. The summed E-state index contributed by atoms with van der Waals surface area (Å²) in [7, 11) is 1.52. The molecule has 4 rings (SSSR count). The lowest BCUT2D eigenvalue weighted by atomic mass is 9.96. The van der Waals surface area contributed by atoms with E-state index in [1.807, 2.05) is 37.3 Å². The summed E-state index contributed by atoms with van der Waals surface area (Å²) >= 11 is 3.34. The van der Waals surface area contributed by atoms with Gasteiger partial charge in [0.05, 0.1) is 10.9 Å². The number of ketones is 1. The summed E-state index contributed by atoms with van der Waals surface area (Å²) in [6.45, 7) is 1.54. The van der Waals surface area contributed by atoms with Crippen LogP contribution >= 0.6 is 15.9 Å². The maximum atomic E-state index is 14.0. The van der Waals surface area contributed by atoms with Gasteiger partial charge in [0, 0.05) is 29.6 Å². The van der Waals surface area contributed by atoms with Gasteiger partial charge in [0.1, 0.15) is 12.3 Å². The number of aromatic nitrogens is 3. The highest BCUT2D eigenvalue weighted by molar-refractivity contribution is 9.10. The average molecular weight is 532 g/mol. The fourth-order valence-electron chi connectivity index (χ4n) is 3.81. The van der Waals surface area contributed by atoms with Gasteiger partial charge >= 0.3 is 6.18 Å². The molecule has 0 unspecified atom stereocenters. The highest BCUT2D eigenvalue weighted by Crippen LogP contribution is 2.40. The second-order valence-corrected chi connectivity index (χ2v) is 8.95. The lowest BCUT2D eigenvalue weighted by Gasteiger charge is -2.13. The molecule has 9 heteroatoms. The Morgan fingerprint density at radius 2 is 1.85 bits per heavy atom. The van der Waals surface area contributed by atoms with Crippen LogP contribution in [0.3, 0.4) is 0 Å². The molecular weight excluding hydrogens is 511 g/mol. The van der Waals surface area contributed by atoms with Crippen molar-refractivity contribution >= 4 is 32.7 Å². The molecule has 0 spiro atoms. The molecule has 176 valence electrons. The fourth-order valence-corrected chi connectivity index (χ4v) is 4.21. The van der Waals surface area contributed by atoms with Gasteiger partial charge in [0.25, 0.3) is 0 Å². The van der Waals surface area contributed by atoms with Gasteiger partial charge in [-0.1, -0.05) is 65.3 Å². The minimum atomic E-state index is -4.67. The van der Waals surface area contributed by atoms with Gasteiger partial charge in [-0.15, -0.1) is 0 Å². The van der Waals surface area contributed by atoms with E-state index in [-0.39, 0.29) is 47.3 Å². The maximum Gasteiger partial charge on any atom is 0.417 e. The third-order valence-corrected chi connectivity index (χ3v) is 5.95. The molecule has 0 aliphatic heterocycles. The standard InChI is InChI=1S/C25H21BrF3N3O2/c1-15(16-7-4-3-5-8-16)11-19(33)14-34-21-13-20(25(27,28)29)22-23(31-32(2)24(22)30-21)17-9-6-10-18(26)12-17/h3-10,12-13,15H,11,14H2,1-2H3/t15-/m1/s1. The largest absolute Gasteiger partial charge is 0.470 e. The third-order valence-electron chi connectivity index (χ3n) is 5.46. The first-order valence-electron chi connectivity index (χ1n) is 10.5. The lowest BCUT2D eigenvalue weighted by Crippen LogP contribution is -2.15. The fraction of sp³-hybridized carbons (Fsp3) is 0.240. The Hall–Kier alpha value is -3.20. The van der Waals surface area contributed by atoms with Crippen LogP contribution < -0.4 is 4.74 Å². The van der Waals surface area contributed by atoms with Crippen LogP contribution in [0.2, 0.25) is 0 Å². The van der Waals surface area contributed by atoms with Gasteiger partial charge in [0.2, 0.25) is 5.88 Å². The minimum absolute atomic E-state index is 0.0184. The van der Waals surface area contributed by atoms with E-state index in [0.29, 0.717) is 10.0 Å². The van der Waals surface area contributed by atoms with Crippen LogP contribution in [0.15, 0.2) is 65.1 Å². The number of pyridine rings is 1. The van der Waals surface area contributed by atoms with Gasteiger partial charge in [-0.2, -0.15) is 23.3 Å². The van der Waals surface area contributed by atoms with Crippen molar-refractivity contribution in [3.8, 4) is 17.1 Å². The van der Waals surface area contributed by atoms with Crippen LogP contribution in [-0.2, 0) is 18.0 Å². The quantitative estimate of drug-likeness (QED) is 0.271. The number of fused-ring (bicyclic) bond motifs is 1. The van der Waals surface area contributed by atoms with Crippen molar-refractivity contribution in [1.29, 1.82) is 0 Å². The Bertz CT molecular complexity index is 1340. The topological polar surface area (TPSA) is 57.0 Å². The molecular formula is C25H21BrF3N3O2. The first-order chi connectivity index (χ1) is 16.1. The monoisotopic (exact) mass is 531 g/mol. The molecule has 5 nitrogen and oxygen atoms in total. The van der Waals surface area contributed by atoms with E-state index in [9.17, 15) is 18.0 Å². The molecule has 0 fully saturated rings. The zero-order valence-corrected chi connectivity index (χ0v) is 20.0. The number of rotatable bonds is 7. The number of aryl methyl sites for hydroxylation is 1. The summed E-state index contributed by atoms with van der Waals surface area (Å²) in [5, 5.41) is 4.17. The maximum absolute atomic E-state index is 14.0. The number of ether oxygens (including phenoxy) is 1. The number of nitrogens with zero attached hydrogens (tertiary/aromatic N) is 3. The van der Waals surface area contributed by atoms with Crippen molar-refractivity contribution in [2.24, 2.45) is 7.05 Å². The van der Waals surface area contributed by atoms with E-state index < -0.39 is 11.7 Å². The summed E-state index contributed by atoms with van der Waals surface area (Å²) in [5.74, 6) is -0.542. The Balaban J connectivity index is 1.63. The molecule has 0 saturated heterocycles. The second-order valence-electron chi connectivity index (χ2n) is 8.03. The summed E-state index contributed by atoms with van der Waals surface area (Å²) in [6.07, 6.45) is -4.47. The normalized spacial score (nSPS) is 12.6. The number of alkyl halides is 3. The summed E-state index contributed by atoms with van der Waals surface area (Å²) in [5.41, 5.74) is 0.791. The molecule has 2 aromatic carbocycles. The predicted octanol–water partition coefficient (Wildman–Crippen LogP) is 6.56. The van der Waals surface area contributed by atoms with Crippen molar-refractivity contribution in [1.82, 2.24) is 14.8 Å². The molecule has 0 radical (unpaired) electrons. The molecule has 2 aromatic heterocycles. The summed E-state index contributed by atoms with van der Waals surface area (Å²) in [6, 6.07) is 17.2. The summed E-state index contributed by atoms with van der Waals surface area (Å²) < 4.78 is 49.6.